The molecule has 178 valence electrons. The Kier molecular flexibility index (Phi) is 16.0. The Hall–Kier alpha value is -2.53. The van der Waals surface area contributed by atoms with Crippen LogP contribution in [0.3, 0.4) is 0 Å². The van der Waals surface area contributed by atoms with Crippen molar-refractivity contribution in [2.75, 3.05) is 6.54 Å². The third kappa shape index (κ3) is 13.4. The Labute approximate surface area is 186 Å². The number of hydrogen-bond donors (Lipinski definition) is 5. The summed E-state index contributed by atoms with van der Waals surface area (Å²) in [7, 11) is 0. The smallest absolute Gasteiger partial charge is 0.303 e. The van der Waals surface area contributed by atoms with Gasteiger partial charge in [0.1, 0.15) is 0 Å². The number of carboxylic acids is 2. The molecule has 3 atom stereocenters. The van der Waals surface area contributed by atoms with Crippen LogP contribution in [0, 0.1) is 5.92 Å². The van der Waals surface area contributed by atoms with E-state index in [4.69, 9.17) is 15.9 Å². The average Bonchev–Trinajstić information content (AvgIpc) is 2.67. The van der Waals surface area contributed by atoms with Crippen LogP contribution in [0.2, 0.25) is 0 Å². The molecule has 0 saturated carbocycles. The molecule has 2 amide bonds. The monoisotopic (exact) mass is 465 g/mol. The lowest BCUT2D eigenvalue weighted by Crippen LogP contribution is -2.51. The minimum absolute atomic E-state index is 0. The van der Waals surface area contributed by atoms with Gasteiger partial charge in [-0.05, 0) is 45.6 Å². The fraction of sp³-hybridized carbons (Fsp3) is 0.684. The number of Topliss-reactive ketones (excluding diaryl/α,β-unsaturated/α-hetero) is 2. The zero-order valence-corrected chi connectivity index (χ0v) is 18.5. The van der Waals surface area contributed by atoms with Gasteiger partial charge in [0.2, 0.25) is 11.7 Å². The molecule has 0 aromatic rings. The summed E-state index contributed by atoms with van der Waals surface area (Å²) in [5.41, 5.74) is 5.43. The maximum Gasteiger partial charge on any atom is 0.303 e. The Balaban J connectivity index is 0. The van der Waals surface area contributed by atoms with Gasteiger partial charge in [0.15, 0.2) is 5.78 Å². The quantitative estimate of drug-likeness (QED) is 0.154. The van der Waals surface area contributed by atoms with Crippen molar-refractivity contribution >= 4 is 47.7 Å². The maximum absolute atomic E-state index is 12.6. The van der Waals surface area contributed by atoms with Gasteiger partial charge in [-0.2, -0.15) is 0 Å². The van der Waals surface area contributed by atoms with Crippen LogP contribution in [-0.2, 0) is 28.8 Å². The third-order valence-electron chi connectivity index (χ3n) is 4.49. The first-order valence-corrected chi connectivity index (χ1v) is 9.78. The van der Waals surface area contributed by atoms with Crippen molar-refractivity contribution in [3.63, 3.8) is 0 Å². The molecule has 0 radical (unpaired) electrons. The van der Waals surface area contributed by atoms with Crippen molar-refractivity contribution in [1.82, 2.24) is 10.6 Å². The second-order valence-corrected chi connectivity index (χ2v) is 7.11. The van der Waals surface area contributed by atoms with E-state index in [9.17, 15) is 28.8 Å². The van der Waals surface area contributed by atoms with E-state index in [1.807, 2.05) is 0 Å². The molecule has 0 aromatic heterocycles. The summed E-state index contributed by atoms with van der Waals surface area (Å²) in [6, 6.07) is -2.30. The summed E-state index contributed by atoms with van der Waals surface area (Å²) in [5.74, 6) is -6.02. The predicted octanol–water partition coefficient (Wildman–Crippen LogP) is 0.0306. The first-order chi connectivity index (χ1) is 14.0. The van der Waals surface area contributed by atoms with E-state index in [0.29, 0.717) is 19.4 Å². The molecule has 0 aliphatic carbocycles. The molecule has 0 aliphatic rings. The van der Waals surface area contributed by atoms with Crippen LogP contribution in [0.15, 0.2) is 0 Å². The van der Waals surface area contributed by atoms with Crippen LogP contribution in [0.5, 0.6) is 0 Å². The van der Waals surface area contributed by atoms with Gasteiger partial charge in [0, 0.05) is 18.8 Å². The zero-order valence-electron chi connectivity index (χ0n) is 17.7. The first kappa shape index (κ1) is 30.7. The van der Waals surface area contributed by atoms with Crippen molar-refractivity contribution in [1.29, 1.82) is 0 Å². The average molecular weight is 466 g/mol. The topological polar surface area (TPSA) is 193 Å². The standard InChI is InChI=1S/C19H31N3O8.ClH/c1-11(6-8-15(24)25)18(29)22-14(5-3-4-10-20)17(28)19(30)21-13(12(2)23)7-9-16(26)27;/h11,13-14H,3-10,20H2,1-2H3,(H,21,30)(H,22,29)(H,24,25)(H,26,27);1H/t11-,13-,14-;/m0./s1. The van der Waals surface area contributed by atoms with Crippen molar-refractivity contribution in [3.8, 4) is 0 Å². The molecule has 0 fully saturated rings. The van der Waals surface area contributed by atoms with Crippen LogP contribution in [-0.4, -0.2) is 64.2 Å². The number of carbonyl (C=O) groups excluding carboxylic acids is 4. The van der Waals surface area contributed by atoms with Gasteiger partial charge >= 0.3 is 11.9 Å². The Morgan fingerprint density at radius 1 is 0.839 bits per heavy atom. The SMILES string of the molecule is CC(=O)[C@H](CCC(=O)O)NC(=O)C(=O)[C@H](CCCCN)NC(=O)[C@@H](C)CCC(=O)O.Cl. The third-order valence-corrected chi connectivity index (χ3v) is 4.49. The number of nitrogens with one attached hydrogen (secondary N) is 2. The van der Waals surface area contributed by atoms with Crippen LogP contribution < -0.4 is 16.4 Å². The number of aliphatic carboxylic acids is 2. The predicted molar refractivity (Wildman–Crippen MR) is 113 cm³/mol. The highest BCUT2D eigenvalue weighted by atomic mass is 35.5. The lowest BCUT2D eigenvalue weighted by molar-refractivity contribution is -0.142. The summed E-state index contributed by atoms with van der Waals surface area (Å²) in [6.07, 6.45) is 0.477. The fourth-order valence-electron chi connectivity index (χ4n) is 2.58. The molecule has 0 heterocycles. The molecule has 0 unspecified atom stereocenters. The van der Waals surface area contributed by atoms with E-state index in [2.05, 4.69) is 10.6 Å². The van der Waals surface area contributed by atoms with Gasteiger partial charge in [-0.1, -0.05) is 6.92 Å². The molecule has 6 N–H and O–H groups in total. The second kappa shape index (κ2) is 16.2. The van der Waals surface area contributed by atoms with Gasteiger partial charge in [-0.3, -0.25) is 28.8 Å². The number of hydrogen-bond acceptors (Lipinski definition) is 7. The van der Waals surface area contributed by atoms with E-state index < -0.39 is 53.3 Å². The van der Waals surface area contributed by atoms with E-state index in [1.54, 1.807) is 0 Å². The molecule has 11 nitrogen and oxygen atoms in total. The molecular weight excluding hydrogens is 434 g/mol. The number of rotatable bonds is 16. The van der Waals surface area contributed by atoms with Gasteiger partial charge in [0.05, 0.1) is 12.1 Å². The lowest BCUT2D eigenvalue weighted by Gasteiger charge is -2.21. The van der Waals surface area contributed by atoms with Gasteiger partial charge in [-0.25, -0.2) is 0 Å². The summed E-state index contributed by atoms with van der Waals surface area (Å²) in [4.78, 5) is 70.2. The number of nitrogens with two attached hydrogens (primary N) is 1. The van der Waals surface area contributed by atoms with Crippen molar-refractivity contribution in [2.45, 2.75) is 70.9 Å². The summed E-state index contributed by atoms with van der Waals surface area (Å²) < 4.78 is 0. The molecule has 31 heavy (non-hydrogen) atoms. The molecule has 0 bridgehead atoms. The van der Waals surface area contributed by atoms with Gasteiger partial charge in [0.25, 0.3) is 5.91 Å². The number of unbranched alkanes of at least 4 members (excludes halogenated alkanes) is 1. The molecule has 0 aromatic carbocycles. The maximum atomic E-state index is 12.6. The van der Waals surface area contributed by atoms with Crippen molar-refractivity contribution in [2.24, 2.45) is 11.7 Å². The van der Waals surface area contributed by atoms with Gasteiger partial charge in [-0.15, -0.1) is 12.4 Å². The first-order valence-electron chi connectivity index (χ1n) is 9.78. The largest absolute Gasteiger partial charge is 0.481 e. The number of amides is 2. The lowest BCUT2D eigenvalue weighted by atomic mass is 10.00. The summed E-state index contributed by atoms with van der Waals surface area (Å²) in [5, 5.41) is 22.2. The highest BCUT2D eigenvalue weighted by Crippen LogP contribution is 2.09. The van der Waals surface area contributed by atoms with Crippen molar-refractivity contribution in [3.05, 3.63) is 0 Å². The molecule has 0 aliphatic heterocycles. The zero-order chi connectivity index (χ0) is 23.3. The Morgan fingerprint density at radius 2 is 1.39 bits per heavy atom. The highest BCUT2D eigenvalue weighted by molar-refractivity contribution is 6.38. The molecule has 0 spiro atoms. The van der Waals surface area contributed by atoms with Crippen LogP contribution in [0.25, 0.3) is 0 Å². The number of ketones is 2. The van der Waals surface area contributed by atoms with E-state index >= 15 is 0 Å². The summed E-state index contributed by atoms with van der Waals surface area (Å²) in [6.45, 7) is 3.04. The Morgan fingerprint density at radius 3 is 1.87 bits per heavy atom. The molecule has 0 saturated heterocycles. The number of carbonyl (C=O) groups is 6. The molecule has 0 rings (SSSR count). The molecular formula is C19H32ClN3O8. The van der Waals surface area contributed by atoms with Crippen LogP contribution >= 0.6 is 12.4 Å². The minimum atomic E-state index is -1.16. The number of halogens is 1. The van der Waals surface area contributed by atoms with E-state index in [0.717, 1.165) is 0 Å². The van der Waals surface area contributed by atoms with Crippen LogP contribution in [0.1, 0.15) is 58.8 Å². The van der Waals surface area contributed by atoms with Crippen molar-refractivity contribution < 1.29 is 39.0 Å². The van der Waals surface area contributed by atoms with E-state index in [-0.39, 0.29) is 44.5 Å². The van der Waals surface area contributed by atoms with Gasteiger partial charge < -0.3 is 26.6 Å². The van der Waals surface area contributed by atoms with Crippen LogP contribution in [0.4, 0.5) is 0 Å². The number of carboxylic acid groups (broad SMARTS) is 2. The minimum Gasteiger partial charge on any atom is -0.481 e. The molecule has 12 heteroatoms. The van der Waals surface area contributed by atoms with E-state index in [1.165, 1.54) is 13.8 Å². The Bertz CT molecular complexity index is 656. The second-order valence-electron chi connectivity index (χ2n) is 7.11. The fourth-order valence-corrected chi connectivity index (χ4v) is 2.58. The normalized spacial score (nSPS) is 13.1. The highest BCUT2D eigenvalue weighted by Gasteiger charge is 2.30. The summed E-state index contributed by atoms with van der Waals surface area (Å²) >= 11 is 0.